The Labute approximate surface area is 125 Å². The molecule has 0 aliphatic carbocycles. The number of hydrogen-bond donors (Lipinski definition) is 0. The van der Waals surface area contributed by atoms with Gasteiger partial charge >= 0.3 is 0 Å². The van der Waals surface area contributed by atoms with Gasteiger partial charge in [0.25, 0.3) is 0 Å². The lowest BCUT2D eigenvalue weighted by molar-refractivity contribution is 0.592. The molecule has 0 bridgehead atoms. The summed E-state index contributed by atoms with van der Waals surface area (Å²) in [5.41, 5.74) is 1.96. The molecule has 1 aromatic rings. The van der Waals surface area contributed by atoms with E-state index in [0.717, 1.165) is 15.6 Å². The SMILES string of the molecule is CCCS(=O)(=O)c1cc(C(C)C)c(Br)cc1C(C)C. The molecule has 0 fully saturated rings. The van der Waals surface area contributed by atoms with E-state index >= 15 is 0 Å². The molecule has 19 heavy (non-hydrogen) atoms. The summed E-state index contributed by atoms with van der Waals surface area (Å²) in [6.45, 7) is 10.1. The Morgan fingerprint density at radius 1 is 1.05 bits per heavy atom. The molecule has 108 valence electrons. The molecule has 0 aromatic heterocycles. The minimum Gasteiger partial charge on any atom is -0.224 e. The van der Waals surface area contributed by atoms with Gasteiger partial charge in [-0.15, -0.1) is 0 Å². The van der Waals surface area contributed by atoms with Gasteiger partial charge in [-0.25, -0.2) is 8.42 Å². The van der Waals surface area contributed by atoms with Gasteiger partial charge < -0.3 is 0 Å². The number of hydrogen-bond acceptors (Lipinski definition) is 2. The fourth-order valence-electron chi connectivity index (χ4n) is 2.13. The Hall–Kier alpha value is -0.350. The molecule has 0 aliphatic heterocycles. The third-order valence-electron chi connectivity index (χ3n) is 3.18. The van der Waals surface area contributed by atoms with Crippen LogP contribution in [0.2, 0.25) is 0 Å². The third-order valence-corrected chi connectivity index (χ3v) is 5.84. The van der Waals surface area contributed by atoms with Gasteiger partial charge in [-0.05, 0) is 41.5 Å². The lowest BCUT2D eigenvalue weighted by Crippen LogP contribution is -2.11. The molecular weight excluding hydrogens is 324 g/mol. The first kappa shape index (κ1) is 16.7. The van der Waals surface area contributed by atoms with Crippen molar-refractivity contribution >= 4 is 25.8 Å². The quantitative estimate of drug-likeness (QED) is 0.761. The molecule has 0 heterocycles. The molecule has 0 spiro atoms. The third kappa shape index (κ3) is 3.82. The number of benzene rings is 1. The zero-order chi connectivity index (χ0) is 14.8. The van der Waals surface area contributed by atoms with Gasteiger partial charge in [0.05, 0.1) is 10.6 Å². The number of sulfone groups is 1. The van der Waals surface area contributed by atoms with Crippen LogP contribution in [0.4, 0.5) is 0 Å². The Balaban J connectivity index is 3.55. The van der Waals surface area contributed by atoms with Crippen molar-refractivity contribution in [2.24, 2.45) is 0 Å². The molecule has 0 saturated carbocycles. The lowest BCUT2D eigenvalue weighted by Gasteiger charge is -2.18. The van der Waals surface area contributed by atoms with E-state index < -0.39 is 9.84 Å². The van der Waals surface area contributed by atoms with Crippen LogP contribution < -0.4 is 0 Å². The van der Waals surface area contributed by atoms with E-state index in [1.165, 1.54) is 0 Å². The summed E-state index contributed by atoms with van der Waals surface area (Å²) in [6.07, 6.45) is 0.646. The summed E-state index contributed by atoms with van der Waals surface area (Å²) in [4.78, 5) is 0.510. The van der Waals surface area contributed by atoms with Crippen LogP contribution in [-0.4, -0.2) is 14.2 Å². The van der Waals surface area contributed by atoms with Crippen LogP contribution in [0.25, 0.3) is 0 Å². The van der Waals surface area contributed by atoms with Gasteiger partial charge in [-0.1, -0.05) is 50.5 Å². The maximum atomic E-state index is 12.4. The molecule has 1 rings (SSSR count). The van der Waals surface area contributed by atoms with Gasteiger partial charge in [-0.2, -0.15) is 0 Å². The second-order valence-electron chi connectivity index (χ2n) is 5.54. The van der Waals surface area contributed by atoms with Gasteiger partial charge in [-0.3, -0.25) is 0 Å². The molecule has 0 unspecified atom stereocenters. The molecule has 0 saturated heterocycles. The highest BCUT2D eigenvalue weighted by molar-refractivity contribution is 9.10. The second-order valence-corrected chi connectivity index (χ2v) is 8.47. The average Bonchev–Trinajstić information content (AvgIpc) is 2.27. The summed E-state index contributed by atoms with van der Waals surface area (Å²) in [5, 5.41) is 0. The van der Waals surface area contributed by atoms with Crippen molar-refractivity contribution in [1.29, 1.82) is 0 Å². The molecule has 0 radical (unpaired) electrons. The molecule has 0 aliphatic rings. The first-order valence-corrected chi connectivity index (χ1v) is 9.21. The molecular formula is C15H23BrO2S. The fourth-order valence-corrected chi connectivity index (χ4v) is 4.66. The smallest absolute Gasteiger partial charge is 0.178 e. The molecule has 0 N–H and O–H groups in total. The Morgan fingerprint density at radius 2 is 1.58 bits per heavy atom. The predicted molar refractivity (Wildman–Crippen MR) is 84.7 cm³/mol. The van der Waals surface area contributed by atoms with Gasteiger partial charge in [0.2, 0.25) is 0 Å². The van der Waals surface area contributed by atoms with E-state index in [-0.39, 0.29) is 11.7 Å². The van der Waals surface area contributed by atoms with Crippen LogP contribution in [0.3, 0.4) is 0 Å². The minimum atomic E-state index is -3.18. The maximum absolute atomic E-state index is 12.4. The van der Waals surface area contributed by atoms with E-state index in [1.54, 1.807) is 0 Å². The fraction of sp³-hybridized carbons (Fsp3) is 0.600. The van der Waals surface area contributed by atoms with Crippen molar-refractivity contribution in [3.63, 3.8) is 0 Å². The summed E-state index contributed by atoms with van der Waals surface area (Å²) in [5.74, 6) is 0.705. The van der Waals surface area contributed by atoms with Crippen molar-refractivity contribution in [2.75, 3.05) is 5.75 Å². The van der Waals surface area contributed by atoms with Crippen molar-refractivity contribution in [3.8, 4) is 0 Å². The number of halogens is 1. The summed E-state index contributed by atoms with van der Waals surface area (Å²) < 4.78 is 25.9. The first-order valence-electron chi connectivity index (χ1n) is 6.76. The largest absolute Gasteiger partial charge is 0.224 e. The highest BCUT2D eigenvalue weighted by Crippen LogP contribution is 2.34. The van der Waals surface area contributed by atoms with Crippen molar-refractivity contribution in [1.82, 2.24) is 0 Å². The predicted octanol–water partition coefficient (Wildman–Crippen LogP) is 4.88. The number of rotatable bonds is 5. The molecule has 1 aromatic carbocycles. The maximum Gasteiger partial charge on any atom is 0.178 e. The molecule has 2 nitrogen and oxygen atoms in total. The highest BCUT2D eigenvalue weighted by atomic mass is 79.9. The Morgan fingerprint density at radius 3 is 2.00 bits per heavy atom. The Kier molecular flexibility index (Phi) is 5.63. The van der Waals surface area contributed by atoms with E-state index in [0.29, 0.717) is 17.2 Å². The van der Waals surface area contributed by atoms with Crippen molar-refractivity contribution < 1.29 is 8.42 Å². The van der Waals surface area contributed by atoms with Gasteiger partial charge in [0.1, 0.15) is 0 Å². The molecule has 0 amide bonds. The normalized spacial score (nSPS) is 12.4. The highest BCUT2D eigenvalue weighted by Gasteiger charge is 2.22. The van der Waals surface area contributed by atoms with Crippen LogP contribution in [0.1, 0.15) is 64.0 Å². The van der Waals surface area contributed by atoms with Crippen molar-refractivity contribution in [2.45, 2.75) is 57.8 Å². The standard InChI is InChI=1S/C15H23BrO2S/c1-6-7-19(17,18)15-9-12(10(2)3)14(16)8-13(15)11(4)5/h8-11H,6-7H2,1-5H3. The van der Waals surface area contributed by atoms with E-state index in [4.69, 9.17) is 0 Å². The van der Waals surface area contributed by atoms with E-state index in [1.807, 2.05) is 32.9 Å². The molecule has 4 heteroatoms. The van der Waals surface area contributed by atoms with Crippen LogP contribution in [0.15, 0.2) is 21.5 Å². The summed E-state index contributed by atoms with van der Waals surface area (Å²) in [6, 6.07) is 3.83. The summed E-state index contributed by atoms with van der Waals surface area (Å²) >= 11 is 3.56. The van der Waals surface area contributed by atoms with Crippen LogP contribution in [0.5, 0.6) is 0 Å². The average molecular weight is 347 g/mol. The van der Waals surface area contributed by atoms with E-state index in [9.17, 15) is 8.42 Å². The van der Waals surface area contributed by atoms with Crippen LogP contribution in [0, 0.1) is 0 Å². The van der Waals surface area contributed by atoms with Crippen LogP contribution in [-0.2, 0) is 9.84 Å². The first-order chi connectivity index (χ1) is 8.70. The topological polar surface area (TPSA) is 34.1 Å². The zero-order valence-electron chi connectivity index (χ0n) is 12.3. The monoisotopic (exact) mass is 346 g/mol. The van der Waals surface area contributed by atoms with Gasteiger partial charge in [0.15, 0.2) is 9.84 Å². The summed E-state index contributed by atoms with van der Waals surface area (Å²) in [7, 11) is -3.18. The Bertz CT molecular complexity index is 546. The minimum absolute atomic E-state index is 0.194. The lowest BCUT2D eigenvalue weighted by atomic mass is 9.97. The van der Waals surface area contributed by atoms with Gasteiger partial charge in [0, 0.05) is 4.47 Å². The van der Waals surface area contributed by atoms with Crippen LogP contribution >= 0.6 is 15.9 Å². The molecule has 0 atom stereocenters. The van der Waals surface area contributed by atoms with Crippen molar-refractivity contribution in [3.05, 3.63) is 27.7 Å². The zero-order valence-corrected chi connectivity index (χ0v) is 14.7. The second kappa shape index (κ2) is 6.40. The van der Waals surface area contributed by atoms with E-state index in [2.05, 4.69) is 29.8 Å².